The molecule has 15 heteroatoms. The summed E-state index contributed by atoms with van der Waals surface area (Å²) < 4.78 is 74.9. The molecule has 0 unspecified atom stereocenters. The smallest absolute Gasteiger partial charge is 0.396 e. The number of ether oxygens (including phenoxy) is 1. The Hall–Kier alpha value is -5.08. The van der Waals surface area contributed by atoms with E-state index in [1.807, 2.05) is 0 Å². The summed E-state index contributed by atoms with van der Waals surface area (Å²) in [4.78, 5) is 28.4. The highest BCUT2D eigenvalue weighted by Crippen LogP contribution is 2.57. The van der Waals surface area contributed by atoms with Crippen LogP contribution in [-0.2, 0) is 4.79 Å². The number of rotatable bonds is 8. The Bertz CT molecular complexity index is 1750. The summed E-state index contributed by atoms with van der Waals surface area (Å²) in [5, 5.41) is 12.9. The van der Waals surface area contributed by atoms with Crippen LogP contribution in [0.5, 0.6) is 5.75 Å². The molecule has 2 aromatic heterocycles. The number of benzene rings is 2. The number of hydrogen-bond acceptors (Lipinski definition) is 7. The van der Waals surface area contributed by atoms with E-state index < -0.39 is 41.6 Å². The zero-order valence-electron chi connectivity index (χ0n) is 21.9. The van der Waals surface area contributed by atoms with Crippen LogP contribution < -0.4 is 21.1 Å². The van der Waals surface area contributed by atoms with Crippen LogP contribution in [0.3, 0.4) is 0 Å². The van der Waals surface area contributed by atoms with Crippen molar-refractivity contribution in [3.8, 4) is 28.1 Å². The molecule has 4 aromatic rings. The Balaban J connectivity index is 1.55. The SMILES string of the molecule is C=C(F)C(=O)Nc1ccc(-c2nn3ncnc(N)c3c2-c2ccc(C(=O)NCC3(C(F)(F)F)CC3)c(OC)c2)c(F)c1. The number of carbonyl (C=O) groups is 2. The van der Waals surface area contributed by atoms with Gasteiger partial charge in [-0.1, -0.05) is 12.6 Å². The largest absolute Gasteiger partial charge is 0.496 e. The number of nitrogens with two attached hydrogens (primary N) is 1. The van der Waals surface area contributed by atoms with Gasteiger partial charge in [0.15, 0.2) is 11.6 Å². The van der Waals surface area contributed by atoms with Crippen LogP contribution in [-0.4, -0.2) is 51.5 Å². The first-order valence-corrected chi connectivity index (χ1v) is 12.3. The van der Waals surface area contributed by atoms with Gasteiger partial charge in [-0.25, -0.2) is 13.8 Å². The van der Waals surface area contributed by atoms with Gasteiger partial charge in [0.2, 0.25) is 0 Å². The van der Waals surface area contributed by atoms with Gasteiger partial charge in [-0.15, -0.1) is 14.8 Å². The minimum Gasteiger partial charge on any atom is -0.496 e. The zero-order chi connectivity index (χ0) is 30.4. The molecule has 0 atom stereocenters. The maximum Gasteiger partial charge on any atom is 0.396 e. The van der Waals surface area contributed by atoms with E-state index in [4.69, 9.17) is 10.5 Å². The van der Waals surface area contributed by atoms with E-state index in [0.717, 1.165) is 17.0 Å². The Kier molecular flexibility index (Phi) is 7.04. The molecule has 2 amide bonds. The monoisotopic (exact) mass is 587 g/mol. The molecule has 1 saturated carbocycles. The minimum atomic E-state index is -4.43. The molecular weight excluding hydrogens is 565 g/mol. The van der Waals surface area contributed by atoms with Crippen molar-refractivity contribution in [3.05, 3.63) is 66.5 Å². The summed E-state index contributed by atoms with van der Waals surface area (Å²) in [6.07, 6.45) is -3.42. The van der Waals surface area contributed by atoms with Gasteiger partial charge in [-0.05, 0) is 48.7 Å². The van der Waals surface area contributed by atoms with E-state index in [1.165, 1.54) is 37.4 Å². The van der Waals surface area contributed by atoms with Gasteiger partial charge in [0, 0.05) is 23.4 Å². The van der Waals surface area contributed by atoms with Gasteiger partial charge in [0.05, 0.1) is 18.1 Å². The lowest BCUT2D eigenvalue weighted by molar-refractivity contribution is -0.184. The molecule has 0 bridgehead atoms. The van der Waals surface area contributed by atoms with Crippen LogP contribution >= 0.6 is 0 Å². The van der Waals surface area contributed by atoms with Crippen molar-refractivity contribution in [1.82, 2.24) is 25.1 Å². The number of amides is 2. The number of hydrogen-bond donors (Lipinski definition) is 3. The lowest BCUT2D eigenvalue weighted by Gasteiger charge is -2.20. The van der Waals surface area contributed by atoms with E-state index >= 15 is 4.39 Å². The molecule has 1 fully saturated rings. The summed E-state index contributed by atoms with van der Waals surface area (Å²) >= 11 is 0. The number of alkyl halides is 3. The summed E-state index contributed by atoms with van der Waals surface area (Å²) in [6, 6.07) is 7.83. The molecule has 0 spiro atoms. The number of halogens is 5. The van der Waals surface area contributed by atoms with Gasteiger partial charge in [-0.2, -0.15) is 13.2 Å². The lowest BCUT2D eigenvalue weighted by Crippen LogP contribution is -2.38. The van der Waals surface area contributed by atoms with Gasteiger partial charge in [0.25, 0.3) is 11.8 Å². The van der Waals surface area contributed by atoms with Crippen LogP contribution in [0.1, 0.15) is 23.2 Å². The molecular formula is C27H22F5N7O3. The topological polar surface area (TPSA) is 137 Å². The second-order valence-corrected chi connectivity index (χ2v) is 9.64. The number of fused-ring (bicyclic) bond motifs is 1. The molecule has 42 heavy (non-hydrogen) atoms. The maximum atomic E-state index is 15.4. The highest BCUT2D eigenvalue weighted by molar-refractivity contribution is 6.02. The number of methoxy groups -OCH3 is 1. The predicted molar refractivity (Wildman–Crippen MR) is 142 cm³/mol. The molecule has 10 nitrogen and oxygen atoms in total. The molecule has 2 heterocycles. The van der Waals surface area contributed by atoms with Crippen molar-refractivity contribution in [2.75, 3.05) is 24.7 Å². The third-order valence-corrected chi connectivity index (χ3v) is 6.97. The van der Waals surface area contributed by atoms with Crippen LogP contribution in [0.4, 0.5) is 33.5 Å². The fourth-order valence-electron chi connectivity index (χ4n) is 4.46. The summed E-state index contributed by atoms with van der Waals surface area (Å²) in [6.45, 7) is 2.32. The molecule has 0 radical (unpaired) electrons. The van der Waals surface area contributed by atoms with E-state index in [2.05, 4.69) is 32.4 Å². The lowest BCUT2D eigenvalue weighted by atomic mass is 9.97. The second-order valence-electron chi connectivity index (χ2n) is 9.64. The fraction of sp³-hybridized carbons (Fsp3) is 0.222. The van der Waals surface area contributed by atoms with Crippen molar-refractivity contribution >= 4 is 28.8 Å². The van der Waals surface area contributed by atoms with Crippen molar-refractivity contribution in [2.24, 2.45) is 5.41 Å². The third kappa shape index (κ3) is 5.08. The Morgan fingerprint density at radius 1 is 1.19 bits per heavy atom. The normalized spacial score (nSPS) is 14.0. The number of anilines is 2. The number of aromatic nitrogens is 4. The highest BCUT2D eigenvalue weighted by Gasteiger charge is 2.63. The number of nitrogens with zero attached hydrogens (tertiary/aromatic N) is 4. The third-order valence-electron chi connectivity index (χ3n) is 6.97. The van der Waals surface area contributed by atoms with Gasteiger partial charge in [-0.3, -0.25) is 9.59 Å². The van der Waals surface area contributed by atoms with Crippen LogP contribution in [0.2, 0.25) is 0 Å². The van der Waals surface area contributed by atoms with Crippen molar-refractivity contribution in [2.45, 2.75) is 19.0 Å². The predicted octanol–water partition coefficient (Wildman–Crippen LogP) is 4.68. The quantitative estimate of drug-likeness (QED) is 0.201. The summed E-state index contributed by atoms with van der Waals surface area (Å²) in [5.41, 5.74) is 4.91. The van der Waals surface area contributed by atoms with Crippen LogP contribution in [0.25, 0.3) is 27.9 Å². The van der Waals surface area contributed by atoms with Crippen molar-refractivity contribution < 1.29 is 36.3 Å². The number of nitrogens with one attached hydrogen (secondary N) is 2. The fourth-order valence-corrected chi connectivity index (χ4v) is 4.46. The average Bonchev–Trinajstić information content (AvgIpc) is 3.65. The average molecular weight is 588 g/mol. The van der Waals surface area contributed by atoms with Crippen molar-refractivity contribution in [3.63, 3.8) is 0 Å². The Morgan fingerprint density at radius 3 is 2.55 bits per heavy atom. The number of nitrogen functional groups attached to an aromatic ring is 1. The van der Waals surface area contributed by atoms with Crippen LogP contribution in [0, 0.1) is 11.2 Å². The highest BCUT2D eigenvalue weighted by atomic mass is 19.4. The Labute approximate surface area is 234 Å². The molecule has 2 aromatic carbocycles. The van der Waals surface area contributed by atoms with E-state index in [9.17, 15) is 27.2 Å². The first-order valence-electron chi connectivity index (χ1n) is 12.3. The van der Waals surface area contributed by atoms with E-state index in [0.29, 0.717) is 5.56 Å². The Morgan fingerprint density at radius 2 is 1.93 bits per heavy atom. The van der Waals surface area contributed by atoms with Crippen LogP contribution in [0.15, 0.2) is 55.1 Å². The summed E-state index contributed by atoms with van der Waals surface area (Å²) in [5.74, 6) is -3.98. The molecule has 0 aliphatic heterocycles. The number of carbonyl (C=O) groups excluding carboxylic acids is 2. The zero-order valence-corrected chi connectivity index (χ0v) is 21.9. The van der Waals surface area contributed by atoms with Crippen molar-refractivity contribution in [1.29, 1.82) is 0 Å². The first kappa shape index (κ1) is 28.4. The second kappa shape index (κ2) is 10.4. The summed E-state index contributed by atoms with van der Waals surface area (Å²) in [7, 11) is 1.28. The molecule has 4 N–H and O–H groups in total. The van der Waals surface area contributed by atoms with Gasteiger partial charge in [0.1, 0.15) is 29.1 Å². The van der Waals surface area contributed by atoms with E-state index in [-0.39, 0.29) is 58.0 Å². The van der Waals surface area contributed by atoms with E-state index in [1.54, 1.807) is 0 Å². The standard InChI is InChI=1S/C27H22F5N7O3/c1-13(28)24(40)37-15-4-6-16(18(29)10-15)21-20(22-23(33)35-12-36-39(22)38-21)14-3-5-17(19(9-14)42-2)25(41)34-11-26(7-8-26)27(30,31)32/h3-6,9-10,12H,1,7-8,11H2,2H3,(H,34,41)(H,37,40)(H2,33,35,36). The molecule has 0 saturated heterocycles. The minimum absolute atomic E-state index is 0.00725. The molecule has 1 aliphatic rings. The molecule has 218 valence electrons. The molecule has 1 aliphatic carbocycles. The van der Waals surface area contributed by atoms with Gasteiger partial charge >= 0.3 is 6.18 Å². The molecule has 5 rings (SSSR count). The maximum absolute atomic E-state index is 15.4. The first-order chi connectivity index (χ1) is 19.8. The van der Waals surface area contributed by atoms with Gasteiger partial charge < -0.3 is 21.1 Å².